The molecule has 96 valence electrons. The van der Waals surface area contributed by atoms with Crippen molar-refractivity contribution in [3.8, 4) is 0 Å². The molecule has 1 saturated heterocycles. The molecule has 1 aliphatic heterocycles. The molecule has 1 heterocycles. The number of carbonyl (C=O) groups is 2. The van der Waals surface area contributed by atoms with E-state index in [2.05, 4.69) is 5.32 Å². The monoisotopic (exact) mass is 238 g/mol. The molecule has 4 heteroatoms. The minimum absolute atomic E-state index is 0.0204. The van der Waals surface area contributed by atoms with Crippen molar-refractivity contribution in [3.05, 3.63) is 0 Å². The Morgan fingerprint density at radius 1 is 1.18 bits per heavy atom. The van der Waals surface area contributed by atoms with Gasteiger partial charge in [-0.1, -0.05) is 12.8 Å². The molecular weight excluding hydrogens is 216 g/mol. The Morgan fingerprint density at radius 3 is 2.29 bits per heavy atom. The van der Waals surface area contributed by atoms with Gasteiger partial charge >= 0.3 is 0 Å². The second kappa shape index (κ2) is 4.00. The molecule has 0 aromatic carbocycles. The maximum Gasteiger partial charge on any atom is 0.248 e. The Morgan fingerprint density at radius 2 is 1.76 bits per heavy atom. The van der Waals surface area contributed by atoms with Crippen LogP contribution < -0.4 is 5.32 Å². The first-order valence-corrected chi connectivity index (χ1v) is 6.48. The minimum Gasteiger partial charge on any atom is -0.342 e. The van der Waals surface area contributed by atoms with Crippen LogP contribution in [0.2, 0.25) is 0 Å². The Kier molecular flexibility index (Phi) is 2.92. The lowest BCUT2D eigenvalue weighted by molar-refractivity contribution is -0.142. The number of amides is 2. The van der Waals surface area contributed by atoms with Gasteiger partial charge in [0, 0.05) is 18.5 Å². The van der Waals surface area contributed by atoms with E-state index in [4.69, 9.17) is 0 Å². The van der Waals surface area contributed by atoms with Gasteiger partial charge in [0.15, 0.2) is 0 Å². The summed E-state index contributed by atoms with van der Waals surface area (Å²) in [5, 5.41) is 2.98. The molecule has 1 aliphatic carbocycles. The summed E-state index contributed by atoms with van der Waals surface area (Å²) in [4.78, 5) is 26.3. The van der Waals surface area contributed by atoms with Crippen LogP contribution in [0.4, 0.5) is 0 Å². The number of rotatable bonds is 0. The van der Waals surface area contributed by atoms with Crippen LogP contribution in [0.15, 0.2) is 0 Å². The predicted octanol–water partition coefficient (Wildman–Crippen LogP) is 1.45. The lowest BCUT2D eigenvalue weighted by Crippen LogP contribution is -2.59. The van der Waals surface area contributed by atoms with Crippen molar-refractivity contribution in [2.75, 3.05) is 6.54 Å². The first kappa shape index (κ1) is 12.4. The fourth-order valence-electron chi connectivity index (χ4n) is 2.91. The Balaban J connectivity index is 2.32. The average Bonchev–Trinajstić information content (AvgIpc) is 2.60. The number of hydrogen-bond acceptors (Lipinski definition) is 2. The van der Waals surface area contributed by atoms with Gasteiger partial charge in [0.2, 0.25) is 11.8 Å². The van der Waals surface area contributed by atoms with E-state index >= 15 is 0 Å². The highest BCUT2D eigenvalue weighted by Gasteiger charge is 2.48. The van der Waals surface area contributed by atoms with Gasteiger partial charge in [0.25, 0.3) is 0 Å². The van der Waals surface area contributed by atoms with Crippen LogP contribution in [-0.4, -0.2) is 34.3 Å². The van der Waals surface area contributed by atoms with Gasteiger partial charge in [-0.3, -0.25) is 9.59 Å². The third kappa shape index (κ3) is 2.17. The summed E-state index contributed by atoms with van der Waals surface area (Å²) in [5.41, 5.74) is -0.806. The van der Waals surface area contributed by atoms with Crippen LogP contribution in [0.5, 0.6) is 0 Å². The van der Waals surface area contributed by atoms with Crippen molar-refractivity contribution >= 4 is 11.8 Å². The predicted molar refractivity (Wildman–Crippen MR) is 65.4 cm³/mol. The molecule has 0 aromatic heterocycles. The smallest absolute Gasteiger partial charge is 0.248 e. The zero-order valence-electron chi connectivity index (χ0n) is 11.0. The molecule has 2 aliphatic rings. The van der Waals surface area contributed by atoms with Crippen LogP contribution in [0.1, 0.15) is 52.9 Å². The van der Waals surface area contributed by atoms with E-state index < -0.39 is 5.54 Å². The van der Waals surface area contributed by atoms with E-state index in [1.165, 1.54) is 0 Å². The molecule has 2 fully saturated rings. The molecule has 0 bridgehead atoms. The van der Waals surface area contributed by atoms with Crippen LogP contribution in [0.3, 0.4) is 0 Å². The Hall–Kier alpha value is -1.06. The van der Waals surface area contributed by atoms with Gasteiger partial charge in [-0.25, -0.2) is 0 Å². The van der Waals surface area contributed by atoms with E-state index in [0.717, 1.165) is 25.7 Å². The Bertz CT molecular complexity index is 338. The normalized spacial score (nSPS) is 25.0. The maximum atomic E-state index is 12.7. The van der Waals surface area contributed by atoms with Crippen LogP contribution in [-0.2, 0) is 9.59 Å². The summed E-state index contributed by atoms with van der Waals surface area (Å²) >= 11 is 0. The summed E-state index contributed by atoms with van der Waals surface area (Å²) in [6.07, 6.45) is 4.08. The first-order chi connectivity index (χ1) is 7.85. The second-order valence-corrected chi connectivity index (χ2v) is 6.22. The molecule has 17 heavy (non-hydrogen) atoms. The zero-order chi connectivity index (χ0) is 12.7. The summed E-state index contributed by atoms with van der Waals surface area (Å²) in [6.45, 7) is 6.63. The fourth-order valence-corrected chi connectivity index (χ4v) is 2.91. The first-order valence-electron chi connectivity index (χ1n) is 6.48. The van der Waals surface area contributed by atoms with Gasteiger partial charge in [-0.15, -0.1) is 0 Å². The highest BCUT2D eigenvalue weighted by Crippen LogP contribution is 2.34. The number of nitrogens with zero attached hydrogens (tertiary/aromatic N) is 1. The lowest BCUT2D eigenvalue weighted by atomic mass is 9.93. The molecule has 0 unspecified atom stereocenters. The largest absolute Gasteiger partial charge is 0.342 e. The number of carbonyl (C=O) groups excluding carboxylic acids is 2. The molecule has 0 radical (unpaired) electrons. The average molecular weight is 238 g/mol. The molecule has 1 saturated carbocycles. The lowest BCUT2D eigenvalue weighted by Gasteiger charge is -2.39. The molecule has 2 rings (SSSR count). The molecule has 0 aromatic rings. The van der Waals surface area contributed by atoms with Crippen LogP contribution in [0.25, 0.3) is 0 Å². The van der Waals surface area contributed by atoms with Crippen molar-refractivity contribution in [3.63, 3.8) is 0 Å². The third-order valence-electron chi connectivity index (χ3n) is 3.86. The molecule has 4 nitrogen and oxygen atoms in total. The van der Waals surface area contributed by atoms with Crippen molar-refractivity contribution in [2.24, 2.45) is 0 Å². The molecule has 2 amide bonds. The molecule has 0 atom stereocenters. The zero-order valence-corrected chi connectivity index (χ0v) is 11.0. The van der Waals surface area contributed by atoms with Gasteiger partial charge in [-0.2, -0.15) is 0 Å². The topological polar surface area (TPSA) is 49.4 Å². The van der Waals surface area contributed by atoms with E-state index in [1.54, 1.807) is 0 Å². The van der Waals surface area contributed by atoms with Gasteiger partial charge < -0.3 is 10.2 Å². The van der Waals surface area contributed by atoms with Gasteiger partial charge in [0.05, 0.1) is 0 Å². The van der Waals surface area contributed by atoms with Crippen molar-refractivity contribution in [2.45, 2.75) is 64.0 Å². The van der Waals surface area contributed by atoms with Crippen molar-refractivity contribution in [1.82, 2.24) is 10.2 Å². The SMILES string of the molecule is CC(C)(C)N1CCC(=O)NC2(CCCC2)C1=O. The minimum atomic E-state index is -0.596. The molecular formula is C13H22N2O2. The molecule has 1 N–H and O–H groups in total. The van der Waals surface area contributed by atoms with E-state index in [9.17, 15) is 9.59 Å². The third-order valence-corrected chi connectivity index (χ3v) is 3.86. The quantitative estimate of drug-likeness (QED) is 0.694. The summed E-state index contributed by atoms with van der Waals surface area (Å²) in [7, 11) is 0. The highest BCUT2D eigenvalue weighted by molar-refractivity contribution is 5.94. The Labute approximate surface area is 103 Å². The number of hydrogen-bond donors (Lipinski definition) is 1. The van der Waals surface area contributed by atoms with Gasteiger partial charge in [0.1, 0.15) is 5.54 Å². The fraction of sp³-hybridized carbons (Fsp3) is 0.846. The van der Waals surface area contributed by atoms with Gasteiger partial charge in [-0.05, 0) is 33.6 Å². The maximum absolute atomic E-state index is 12.7. The van der Waals surface area contributed by atoms with E-state index in [0.29, 0.717) is 13.0 Å². The van der Waals surface area contributed by atoms with Crippen molar-refractivity contribution < 1.29 is 9.59 Å². The standard InChI is InChI=1S/C13H22N2O2/c1-12(2,3)15-9-6-10(16)14-13(11(15)17)7-4-5-8-13/h4-9H2,1-3H3,(H,14,16). The molecule has 1 spiro atoms. The summed E-state index contributed by atoms with van der Waals surface area (Å²) in [5.74, 6) is 0.139. The van der Waals surface area contributed by atoms with Crippen LogP contribution >= 0.6 is 0 Å². The summed E-state index contributed by atoms with van der Waals surface area (Å²) in [6, 6.07) is 0. The number of nitrogens with one attached hydrogen (secondary N) is 1. The van der Waals surface area contributed by atoms with E-state index in [-0.39, 0.29) is 17.4 Å². The van der Waals surface area contributed by atoms with Crippen molar-refractivity contribution in [1.29, 1.82) is 0 Å². The highest BCUT2D eigenvalue weighted by atomic mass is 16.2. The van der Waals surface area contributed by atoms with E-state index in [1.807, 2.05) is 25.7 Å². The summed E-state index contributed by atoms with van der Waals surface area (Å²) < 4.78 is 0. The van der Waals surface area contributed by atoms with Crippen LogP contribution in [0, 0.1) is 0 Å². The second-order valence-electron chi connectivity index (χ2n) is 6.22.